The number of hydrogen-bond acceptors (Lipinski definition) is 8. The summed E-state index contributed by atoms with van der Waals surface area (Å²) < 4.78 is 39.5. The van der Waals surface area contributed by atoms with E-state index in [9.17, 15) is 10.3 Å². The van der Waals surface area contributed by atoms with Crippen molar-refractivity contribution in [1.29, 1.82) is 0 Å². The molecular formula is C40H53N3O7Si. The van der Waals surface area contributed by atoms with Crippen LogP contribution in [-0.2, 0) is 39.5 Å². The number of ether oxygens (including phenoxy) is 5. The van der Waals surface area contributed by atoms with Crippen molar-refractivity contribution in [2.24, 2.45) is 22.9 Å². The van der Waals surface area contributed by atoms with Crippen LogP contribution >= 0.6 is 0 Å². The van der Waals surface area contributed by atoms with Gasteiger partial charge in [0.15, 0.2) is 6.29 Å². The number of azide groups is 1. The quantitative estimate of drug-likeness (QED) is 0.0642. The van der Waals surface area contributed by atoms with Crippen LogP contribution in [0.15, 0.2) is 96.1 Å². The molecule has 5 rings (SSSR count). The van der Waals surface area contributed by atoms with E-state index in [0.717, 1.165) is 15.9 Å². The molecule has 0 N–H and O–H groups in total. The number of benzene rings is 3. The van der Waals surface area contributed by atoms with Crippen molar-refractivity contribution < 1.29 is 32.9 Å². The molecule has 0 saturated carbocycles. The molecule has 2 heterocycles. The second kappa shape index (κ2) is 16.9. The summed E-state index contributed by atoms with van der Waals surface area (Å²) in [5, 5.41) is 6.01. The lowest BCUT2D eigenvalue weighted by Crippen LogP contribution is -2.68. The number of nitrogens with zero attached hydrogens (tertiary/aromatic N) is 3. The SMILES string of the molecule is CC(=O)O[C@H]1OC(CO[Si](c2ccccc2)(c2ccccc2)C(C)(C)C)[C@@H](O[C@@H]2OC(C)[C@@H](C)[C@@H](OCc3ccccc3)C2C)[C@H](C)C1N=[N+]=[N-]. The summed E-state index contributed by atoms with van der Waals surface area (Å²) in [5.74, 6) is -1.00. The Labute approximate surface area is 303 Å². The first-order valence-electron chi connectivity index (χ1n) is 18.0. The number of carbonyl (C=O) groups excluding carboxylic acids is 1. The van der Waals surface area contributed by atoms with E-state index in [1.807, 2.05) is 68.4 Å². The van der Waals surface area contributed by atoms with E-state index < -0.39 is 51.0 Å². The van der Waals surface area contributed by atoms with Gasteiger partial charge in [-0.3, -0.25) is 4.79 Å². The second-order valence-electron chi connectivity index (χ2n) is 15.0. The van der Waals surface area contributed by atoms with Crippen LogP contribution in [0.5, 0.6) is 0 Å². The fourth-order valence-electron chi connectivity index (χ4n) is 7.65. The number of rotatable bonds is 12. The van der Waals surface area contributed by atoms with Gasteiger partial charge in [-0.1, -0.05) is 138 Å². The highest BCUT2D eigenvalue weighted by Gasteiger charge is 2.53. The van der Waals surface area contributed by atoms with Gasteiger partial charge >= 0.3 is 5.97 Å². The summed E-state index contributed by atoms with van der Waals surface area (Å²) in [6, 6.07) is 30.0. The fraction of sp³-hybridized carbons (Fsp3) is 0.525. The minimum Gasteiger partial charge on any atom is -0.435 e. The standard InChI is InChI=1S/C40H53N3O7Si/c1-26-29(4)47-38(28(3)36(26)45-24-31-18-12-9-13-19-31)50-37-27(2)35(42-43-41)39(48-30(5)44)49-34(37)25-46-51(40(6,7)8,32-20-14-10-15-21-32)33-22-16-11-17-23-33/h9-23,26-29,34-39H,24-25H2,1-8H3/t26-,27-,28?,29?,34?,35?,36-,37+,38+,39+/m1/s1. The van der Waals surface area contributed by atoms with Crippen LogP contribution in [0.1, 0.15) is 61.0 Å². The van der Waals surface area contributed by atoms with Crippen LogP contribution in [0.3, 0.4) is 0 Å². The first-order chi connectivity index (χ1) is 24.4. The minimum absolute atomic E-state index is 0.113. The summed E-state index contributed by atoms with van der Waals surface area (Å²) in [7, 11) is -2.99. The lowest BCUT2D eigenvalue weighted by atomic mass is 9.85. The first-order valence-corrected chi connectivity index (χ1v) is 19.9. The number of esters is 1. The zero-order chi connectivity index (χ0) is 36.8. The van der Waals surface area contributed by atoms with Gasteiger partial charge < -0.3 is 28.1 Å². The zero-order valence-corrected chi connectivity index (χ0v) is 32.0. The summed E-state index contributed by atoms with van der Waals surface area (Å²) in [5.41, 5.74) is 10.7. The summed E-state index contributed by atoms with van der Waals surface area (Å²) in [6.45, 7) is 16.7. The third kappa shape index (κ3) is 8.58. The molecule has 274 valence electrons. The minimum atomic E-state index is -2.99. The molecule has 0 amide bonds. The van der Waals surface area contributed by atoms with Crippen molar-refractivity contribution in [2.45, 2.75) is 110 Å². The highest BCUT2D eigenvalue weighted by Crippen LogP contribution is 2.40. The Morgan fingerprint density at radius 3 is 1.90 bits per heavy atom. The molecule has 3 aromatic rings. The fourth-order valence-corrected chi connectivity index (χ4v) is 12.2. The molecule has 2 fully saturated rings. The van der Waals surface area contributed by atoms with Gasteiger partial charge in [-0.15, -0.1) is 0 Å². The molecule has 10 nitrogen and oxygen atoms in total. The second-order valence-corrected chi connectivity index (χ2v) is 19.3. The van der Waals surface area contributed by atoms with Gasteiger partial charge in [-0.25, -0.2) is 0 Å². The van der Waals surface area contributed by atoms with Gasteiger partial charge in [-0.05, 0) is 39.3 Å². The molecular weight excluding hydrogens is 663 g/mol. The Morgan fingerprint density at radius 2 is 1.37 bits per heavy atom. The van der Waals surface area contributed by atoms with Gasteiger partial charge in [0.2, 0.25) is 6.29 Å². The van der Waals surface area contributed by atoms with E-state index in [1.54, 1.807) is 0 Å². The summed E-state index contributed by atoms with van der Waals surface area (Å²) in [4.78, 5) is 15.4. The number of hydrogen-bond donors (Lipinski definition) is 0. The van der Waals surface area contributed by atoms with E-state index in [2.05, 4.69) is 81.0 Å². The van der Waals surface area contributed by atoms with Gasteiger partial charge in [0.05, 0.1) is 31.5 Å². The molecule has 2 saturated heterocycles. The van der Waals surface area contributed by atoms with Gasteiger partial charge in [-0.2, -0.15) is 0 Å². The van der Waals surface area contributed by atoms with Crippen LogP contribution in [0.2, 0.25) is 5.04 Å². The van der Waals surface area contributed by atoms with Crippen molar-refractivity contribution in [2.75, 3.05) is 6.61 Å². The lowest BCUT2D eigenvalue weighted by molar-refractivity contribution is -0.320. The average Bonchev–Trinajstić information content (AvgIpc) is 3.11. The van der Waals surface area contributed by atoms with Crippen molar-refractivity contribution >= 4 is 24.7 Å². The summed E-state index contributed by atoms with van der Waals surface area (Å²) >= 11 is 0. The van der Waals surface area contributed by atoms with Crippen molar-refractivity contribution in [1.82, 2.24) is 0 Å². The molecule has 0 bridgehead atoms. The van der Waals surface area contributed by atoms with E-state index >= 15 is 0 Å². The van der Waals surface area contributed by atoms with E-state index in [1.165, 1.54) is 6.92 Å². The van der Waals surface area contributed by atoms with E-state index in [4.69, 9.17) is 28.1 Å². The van der Waals surface area contributed by atoms with Crippen LogP contribution in [0, 0.1) is 17.8 Å². The Kier molecular flexibility index (Phi) is 12.8. The largest absolute Gasteiger partial charge is 0.435 e. The third-order valence-electron chi connectivity index (χ3n) is 10.5. The summed E-state index contributed by atoms with van der Waals surface area (Å²) in [6.07, 6.45) is -3.42. The Bertz CT molecular complexity index is 1560. The van der Waals surface area contributed by atoms with Gasteiger partial charge in [0, 0.05) is 23.7 Å². The molecule has 2 aliphatic rings. The van der Waals surface area contributed by atoms with Crippen LogP contribution < -0.4 is 10.4 Å². The molecule has 0 aliphatic carbocycles. The predicted octanol–water partition coefficient (Wildman–Crippen LogP) is 7.15. The maximum absolute atomic E-state index is 12.3. The molecule has 0 aromatic heterocycles. The van der Waals surface area contributed by atoms with Crippen molar-refractivity contribution in [3.63, 3.8) is 0 Å². The monoisotopic (exact) mass is 715 g/mol. The van der Waals surface area contributed by atoms with Crippen molar-refractivity contribution in [3.05, 3.63) is 107 Å². The first kappa shape index (κ1) is 38.7. The number of carbonyl (C=O) groups is 1. The smallest absolute Gasteiger partial charge is 0.304 e. The molecule has 3 aromatic carbocycles. The molecule has 51 heavy (non-hydrogen) atoms. The van der Waals surface area contributed by atoms with Gasteiger partial charge in [0.25, 0.3) is 8.32 Å². The molecule has 10 atom stereocenters. The lowest BCUT2D eigenvalue weighted by Gasteiger charge is -2.49. The van der Waals surface area contributed by atoms with E-state index in [-0.39, 0.29) is 35.7 Å². The highest BCUT2D eigenvalue weighted by atomic mass is 28.4. The molecule has 2 aliphatic heterocycles. The third-order valence-corrected chi connectivity index (χ3v) is 15.5. The molecule has 0 spiro atoms. The van der Waals surface area contributed by atoms with Crippen LogP contribution in [0.4, 0.5) is 0 Å². The normalized spacial score (nSPS) is 29.9. The highest BCUT2D eigenvalue weighted by molar-refractivity contribution is 6.99. The predicted molar refractivity (Wildman–Crippen MR) is 199 cm³/mol. The Balaban J connectivity index is 1.49. The Morgan fingerprint density at radius 1 is 0.804 bits per heavy atom. The van der Waals surface area contributed by atoms with Crippen LogP contribution in [-0.4, -0.2) is 63.9 Å². The molecule has 4 unspecified atom stereocenters. The maximum Gasteiger partial charge on any atom is 0.304 e. The van der Waals surface area contributed by atoms with Gasteiger partial charge in [0.1, 0.15) is 12.1 Å². The van der Waals surface area contributed by atoms with E-state index in [0.29, 0.717) is 6.61 Å². The molecule has 0 radical (unpaired) electrons. The topological polar surface area (TPSA) is 121 Å². The average molecular weight is 716 g/mol. The zero-order valence-electron chi connectivity index (χ0n) is 31.0. The van der Waals surface area contributed by atoms with Crippen LogP contribution in [0.25, 0.3) is 10.4 Å². The maximum atomic E-state index is 12.3. The molecule has 11 heteroatoms. The van der Waals surface area contributed by atoms with Crippen molar-refractivity contribution in [3.8, 4) is 0 Å². The Hall–Kier alpha value is -3.54.